The number of hydrogen-bond acceptors (Lipinski definition) is 3. The van der Waals surface area contributed by atoms with Gasteiger partial charge in [0.05, 0.1) is 25.4 Å². The zero-order valence-electron chi connectivity index (χ0n) is 19.9. The van der Waals surface area contributed by atoms with Crippen LogP contribution in [0, 0.1) is 0 Å². The molecule has 0 unspecified atom stereocenters. The van der Waals surface area contributed by atoms with E-state index in [0.717, 1.165) is 35.4 Å². The smallest absolute Gasteiger partial charge is 0.318 e. The Morgan fingerprint density at radius 3 is 2.74 bits per heavy atom. The molecule has 178 valence electrons. The number of thiophene rings is 1. The minimum absolute atomic E-state index is 0.0574. The summed E-state index contributed by atoms with van der Waals surface area (Å²) in [5.41, 5.74) is 6.00. The molecule has 1 aliphatic carbocycles. The average molecular weight is 484 g/mol. The van der Waals surface area contributed by atoms with Crippen LogP contribution in [-0.2, 0) is 25.9 Å². The normalized spacial score (nSPS) is 16.6. The van der Waals surface area contributed by atoms with Gasteiger partial charge in [-0.2, -0.15) is 0 Å². The molecule has 0 spiro atoms. The minimum Gasteiger partial charge on any atom is -0.497 e. The number of fused-ring (bicyclic) bond motifs is 5. The number of nitrogens with one attached hydrogen (secondary N) is 1. The van der Waals surface area contributed by atoms with Crippen LogP contribution >= 0.6 is 11.3 Å². The van der Waals surface area contributed by atoms with Crippen molar-refractivity contribution in [3.63, 3.8) is 0 Å². The van der Waals surface area contributed by atoms with Gasteiger partial charge in [-0.1, -0.05) is 42.5 Å². The highest BCUT2D eigenvalue weighted by Crippen LogP contribution is 2.44. The molecule has 2 aromatic heterocycles. The number of rotatable bonds is 4. The Bertz CT molecular complexity index is 1360. The third-order valence-electron chi connectivity index (χ3n) is 7.14. The van der Waals surface area contributed by atoms with Gasteiger partial charge in [-0.3, -0.25) is 0 Å². The molecular weight excluding hydrogens is 454 g/mol. The van der Waals surface area contributed by atoms with Crippen molar-refractivity contribution in [3.05, 3.63) is 106 Å². The van der Waals surface area contributed by atoms with E-state index in [-0.39, 0.29) is 12.1 Å². The number of carbonyl (C=O) groups excluding carboxylic acids is 1. The highest BCUT2D eigenvalue weighted by molar-refractivity contribution is 7.15. The highest BCUT2D eigenvalue weighted by atomic mass is 32.1. The molecule has 6 rings (SSSR count). The van der Waals surface area contributed by atoms with Crippen molar-refractivity contribution in [1.29, 1.82) is 0 Å². The molecule has 0 radical (unpaired) electrons. The molecule has 2 aliphatic rings. The van der Waals surface area contributed by atoms with E-state index < -0.39 is 0 Å². The minimum atomic E-state index is -0.227. The molecule has 0 bridgehead atoms. The van der Waals surface area contributed by atoms with Crippen molar-refractivity contribution in [1.82, 2.24) is 14.8 Å². The Kier molecular flexibility index (Phi) is 5.82. The van der Waals surface area contributed by atoms with Crippen molar-refractivity contribution in [3.8, 4) is 10.8 Å². The van der Waals surface area contributed by atoms with Gasteiger partial charge in [-0.05, 0) is 66.6 Å². The second kappa shape index (κ2) is 9.27. The summed E-state index contributed by atoms with van der Waals surface area (Å²) in [6.07, 6.45) is 6.85. The fourth-order valence-electron chi connectivity index (χ4n) is 5.42. The Labute approximate surface area is 210 Å². The Morgan fingerprint density at radius 1 is 1.03 bits per heavy atom. The van der Waals surface area contributed by atoms with Gasteiger partial charge in [0, 0.05) is 23.2 Å². The van der Waals surface area contributed by atoms with Crippen LogP contribution in [0.5, 0.6) is 5.75 Å². The van der Waals surface area contributed by atoms with Gasteiger partial charge in [-0.15, -0.1) is 11.3 Å². The summed E-state index contributed by atoms with van der Waals surface area (Å²) in [6, 6.07) is 22.1. The SMILES string of the molecule is COc1cccc([C@H]2c3cccn3-c3sc4c(c3CN2C(=O)NCc2ccccc2)CCCC4)c1. The summed E-state index contributed by atoms with van der Waals surface area (Å²) in [5.74, 6) is 0.793. The topological polar surface area (TPSA) is 46.5 Å². The fourth-order valence-corrected chi connectivity index (χ4v) is 6.83. The third-order valence-corrected chi connectivity index (χ3v) is 8.47. The van der Waals surface area contributed by atoms with Crippen LogP contribution in [0.15, 0.2) is 72.9 Å². The second-order valence-corrected chi connectivity index (χ2v) is 10.3. The van der Waals surface area contributed by atoms with Crippen molar-refractivity contribution < 1.29 is 9.53 Å². The van der Waals surface area contributed by atoms with E-state index in [1.165, 1.54) is 33.8 Å². The number of amides is 2. The van der Waals surface area contributed by atoms with E-state index in [4.69, 9.17) is 4.74 Å². The molecule has 0 saturated carbocycles. The number of aryl methyl sites for hydroxylation is 1. The summed E-state index contributed by atoms with van der Waals surface area (Å²) < 4.78 is 7.86. The highest BCUT2D eigenvalue weighted by Gasteiger charge is 2.36. The number of hydrogen-bond donors (Lipinski definition) is 1. The monoisotopic (exact) mass is 483 g/mol. The van der Waals surface area contributed by atoms with E-state index in [1.54, 1.807) is 7.11 Å². The molecule has 4 aromatic rings. The number of benzene rings is 2. The van der Waals surface area contributed by atoms with E-state index >= 15 is 0 Å². The summed E-state index contributed by atoms with van der Waals surface area (Å²) in [5, 5.41) is 4.47. The lowest BCUT2D eigenvalue weighted by atomic mass is 9.95. The van der Waals surface area contributed by atoms with Crippen molar-refractivity contribution in [2.24, 2.45) is 0 Å². The summed E-state index contributed by atoms with van der Waals surface area (Å²) in [6.45, 7) is 1.09. The molecule has 3 heterocycles. The molecule has 5 nitrogen and oxygen atoms in total. The maximum absolute atomic E-state index is 13.9. The van der Waals surface area contributed by atoms with Crippen LogP contribution < -0.4 is 10.1 Å². The van der Waals surface area contributed by atoms with Crippen LogP contribution in [0.25, 0.3) is 5.00 Å². The van der Waals surface area contributed by atoms with Gasteiger partial charge >= 0.3 is 6.03 Å². The molecule has 2 aromatic carbocycles. The molecule has 1 N–H and O–H groups in total. The van der Waals surface area contributed by atoms with E-state index in [0.29, 0.717) is 13.1 Å². The van der Waals surface area contributed by atoms with Gasteiger partial charge in [0.2, 0.25) is 0 Å². The van der Waals surface area contributed by atoms with E-state index in [1.807, 2.05) is 64.8 Å². The first-order valence-electron chi connectivity index (χ1n) is 12.3. The number of ether oxygens (including phenoxy) is 1. The van der Waals surface area contributed by atoms with Crippen LogP contribution in [0.4, 0.5) is 4.79 Å². The summed E-state index contributed by atoms with van der Waals surface area (Å²) in [7, 11) is 1.68. The van der Waals surface area contributed by atoms with Gasteiger partial charge in [0.25, 0.3) is 0 Å². The van der Waals surface area contributed by atoms with Crippen molar-refractivity contribution in [2.45, 2.75) is 44.8 Å². The first kappa shape index (κ1) is 22.0. The van der Waals surface area contributed by atoms with Crippen molar-refractivity contribution in [2.75, 3.05) is 7.11 Å². The molecule has 1 aliphatic heterocycles. The lowest BCUT2D eigenvalue weighted by Crippen LogP contribution is -2.41. The van der Waals surface area contributed by atoms with Crippen LogP contribution in [0.3, 0.4) is 0 Å². The summed E-state index contributed by atoms with van der Waals surface area (Å²) >= 11 is 1.91. The predicted octanol–water partition coefficient (Wildman–Crippen LogP) is 6.24. The predicted molar refractivity (Wildman–Crippen MR) is 139 cm³/mol. The maximum atomic E-state index is 13.9. The molecule has 6 heteroatoms. The molecule has 35 heavy (non-hydrogen) atoms. The zero-order chi connectivity index (χ0) is 23.8. The standard InChI is InChI=1S/C29H29N3O2S/c1-34-22-12-7-11-21(17-22)27-25-14-8-16-31(25)28-24(23-13-5-6-15-26(23)35-28)19-32(27)29(33)30-18-20-9-3-2-4-10-20/h2-4,7-12,14,16-17,27H,5-6,13,15,18-19H2,1H3,(H,30,33)/t27-/m0/s1. The first-order chi connectivity index (χ1) is 17.2. The lowest BCUT2D eigenvalue weighted by molar-refractivity contribution is 0.180. The molecule has 0 saturated heterocycles. The number of nitrogens with zero attached hydrogens (tertiary/aromatic N) is 2. The average Bonchev–Trinajstić information content (AvgIpc) is 3.49. The molecule has 2 amide bonds. The van der Waals surface area contributed by atoms with Crippen LogP contribution in [0.2, 0.25) is 0 Å². The number of aromatic nitrogens is 1. The van der Waals surface area contributed by atoms with Gasteiger partial charge in [0.1, 0.15) is 10.8 Å². The van der Waals surface area contributed by atoms with Gasteiger partial charge in [-0.25, -0.2) is 4.79 Å². The largest absolute Gasteiger partial charge is 0.497 e. The second-order valence-electron chi connectivity index (χ2n) is 9.25. The number of carbonyl (C=O) groups is 1. The van der Waals surface area contributed by atoms with Crippen molar-refractivity contribution >= 4 is 17.4 Å². The molecule has 1 atom stereocenters. The number of methoxy groups -OCH3 is 1. The number of urea groups is 1. The van der Waals surface area contributed by atoms with Crippen LogP contribution in [0.1, 0.15) is 51.7 Å². The van der Waals surface area contributed by atoms with E-state index in [2.05, 4.69) is 34.3 Å². The van der Waals surface area contributed by atoms with E-state index in [9.17, 15) is 4.79 Å². The third kappa shape index (κ3) is 4.02. The first-order valence-corrected chi connectivity index (χ1v) is 13.1. The van der Waals surface area contributed by atoms with Gasteiger partial charge < -0.3 is 19.5 Å². The fraction of sp³-hybridized carbons (Fsp3) is 0.276. The summed E-state index contributed by atoms with van der Waals surface area (Å²) in [4.78, 5) is 17.4. The molecular formula is C29H29N3O2S. The Hall–Kier alpha value is -3.51. The Morgan fingerprint density at radius 2 is 1.89 bits per heavy atom. The Balaban J connectivity index is 1.45. The molecule has 0 fully saturated rings. The van der Waals surface area contributed by atoms with Gasteiger partial charge in [0.15, 0.2) is 0 Å². The quantitative estimate of drug-likeness (QED) is 0.373. The zero-order valence-corrected chi connectivity index (χ0v) is 20.7. The lowest BCUT2D eigenvalue weighted by Gasteiger charge is -2.31. The van der Waals surface area contributed by atoms with Crippen LogP contribution in [-0.4, -0.2) is 22.6 Å². The maximum Gasteiger partial charge on any atom is 0.318 e.